The lowest BCUT2D eigenvalue weighted by Gasteiger charge is -2.14. The molecule has 2 rings (SSSR count). The van der Waals surface area contributed by atoms with Gasteiger partial charge >= 0.3 is 0 Å². The van der Waals surface area contributed by atoms with Gasteiger partial charge in [-0.3, -0.25) is 9.59 Å². The van der Waals surface area contributed by atoms with Crippen LogP contribution in [0.15, 0.2) is 42.5 Å². The predicted octanol–water partition coefficient (Wildman–Crippen LogP) is 4.13. The average molecular weight is 403 g/mol. The highest BCUT2D eigenvalue weighted by atomic mass is 35.5. The van der Waals surface area contributed by atoms with E-state index in [9.17, 15) is 9.59 Å². The van der Waals surface area contributed by atoms with Crippen LogP contribution < -0.4 is 20.5 Å². The Morgan fingerprint density at radius 2 is 2.00 bits per heavy atom. The van der Waals surface area contributed by atoms with E-state index in [2.05, 4.69) is 5.32 Å². The normalized spacial score (nSPS) is 10.9. The standard InChI is InChI=1S/C21H23ClN2O4/c1-13(2)12-28-20-17(22)9-14(10-18(20)27-3)7-8-19(25)24-16-6-4-5-15(11-16)21(23)26/h4-11,13H,12H2,1-3H3,(H2,23,26)(H,24,25)/b8-7+. The summed E-state index contributed by atoms with van der Waals surface area (Å²) in [6.45, 7) is 4.59. The molecular weight excluding hydrogens is 380 g/mol. The number of anilines is 1. The van der Waals surface area contributed by atoms with Gasteiger partial charge in [0.15, 0.2) is 11.5 Å². The van der Waals surface area contributed by atoms with Gasteiger partial charge in [0, 0.05) is 17.3 Å². The molecule has 0 saturated carbocycles. The number of hydrogen-bond acceptors (Lipinski definition) is 4. The maximum Gasteiger partial charge on any atom is 0.248 e. The van der Waals surface area contributed by atoms with Crippen LogP contribution in [0.1, 0.15) is 29.8 Å². The fraction of sp³-hybridized carbons (Fsp3) is 0.238. The minimum Gasteiger partial charge on any atom is -0.493 e. The molecule has 0 radical (unpaired) electrons. The summed E-state index contributed by atoms with van der Waals surface area (Å²) in [6, 6.07) is 9.81. The molecule has 0 aliphatic heterocycles. The van der Waals surface area contributed by atoms with Gasteiger partial charge in [-0.15, -0.1) is 0 Å². The highest BCUT2D eigenvalue weighted by Gasteiger charge is 2.12. The third-order valence-electron chi connectivity index (χ3n) is 3.65. The monoisotopic (exact) mass is 402 g/mol. The fourth-order valence-electron chi connectivity index (χ4n) is 2.33. The van der Waals surface area contributed by atoms with Crippen LogP contribution in [0.4, 0.5) is 5.69 Å². The number of methoxy groups -OCH3 is 1. The third kappa shape index (κ3) is 6.03. The molecule has 0 fully saturated rings. The third-order valence-corrected chi connectivity index (χ3v) is 3.94. The number of hydrogen-bond donors (Lipinski definition) is 2. The van der Waals surface area contributed by atoms with E-state index in [-0.39, 0.29) is 5.91 Å². The number of carbonyl (C=O) groups is 2. The molecular formula is C21H23ClN2O4. The van der Waals surface area contributed by atoms with Crippen LogP contribution in [0.25, 0.3) is 6.08 Å². The first-order valence-electron chi connectivity index (χ1n) is 8.69. The van der Waals surface area contributed by atoms with Crippen LogP contribution >= 0.6 is 11.6 Å². The molecule has 0 saturated heterocycles. The summed E-state index contributed by atoms with van der Waals surface area (Å²) in [5.41, 5.74) is 6.71. The fourth-order valence-corrected chi connectivity index (χ4v) is 2.61. The minimum absolute atomic E-state index is 0.315. The van der Waals surface area contributed by atoms with Gasteiger partial charge in [0.25, 0.3) is 0 Å². The molecule has 148 valence electrons. The molecule has 0 aliphatic rings. The second-order valence-electron chi connectivity index (χ2n) is 6.51. The van der Waals surface area contributed by atoms with Crippen molar-refractivity contribution in [3.63, 3.8) is 0 Å². The second kappa shape index (κ2) is 9.80. The summed E-state index contributed by atoms with van der Waals surface area (Å²) in [5.74, 6) is 0.382. The first-order valence-corrected chi connectivity index (χ1v) is 9.07. The van der Waals surface area contributed by atoms with Gasteiger partial charge in [-0.1, -0.05) is 31.5 Å². The van der Waals surface area contributed by atoms with Gasteiger partial charge in [0.1, 0.15) is 0 Å². The molecule has 0 unspecified atom stereocenters. The summed E-state index contributed by atoms with van der Waals surface area (Å²) in [4.78, 5) is 23.4. The van der Waals surface area contributed by atoms with Crippen molar-refractivity contribution in [1.29, 1.82) is 0 Å². The van der Waals surface area contributed by atoms with Crippen molar-refractivity contribution in [3.05, 3.63) is 58.6 Å². The molecule has 0 atom stereocenters. The molecule has 2 aromatic carbocycles. The molecule has 0 heterocycles. The van der Waals surface area contributed by atoms with E-state index in [1.165, 1.54) is 19.3 Å². The van der Waals surface area contributed by atoms with Crippen molar-refractivity contribution in [1.82, 2.24) is 0 Å². The lowest BCUT2D eigenvalue weighted by atomic mass is 10.1. The lowest BCUT2D eigenvalue weighted by molar-refractivity contribution is -0.111. The van der Waals surface area contributed by atoms with Crippen molar-refractivity contribution >= 4 is 35.2 Å². The number of rotatable bonds is 8. The van der Waals surface area contributed by atoms with Crippen LogP contribution in [-0.2, 0) is 4.79 Å². The predicted molar refractivity (Wildman–Crippen MR) is 111 cm³/mol. The maximum absolute atomic E-state index is 12.1. The van der Waals surface area contributed by atoms with E-state index < -0.39 is 5.91 Å². The highest BCUT2D eigenvalue weighted by Crippen LogP contribution is 2.37. The number of amides is 2. The molecule has 6 nitrogen and oxygen atoms in total. The molecule has 28 heavy (non-hydrogen) atoms. The van der Waals surface area contributed by atoms with E-state index in [1.54, 1.807) is 36.4 Å². The van der Waals surface area contributed by atoms with Crippen molar-refractivity contribution in [2.45, 2.75) is 13.8 Å². The van der Waals surface area contributed by atoms with Gasteiger partial charge in [-0.25, -0.2) is 0 Å². The van der Waals surface area contributed by atoms with Gasteiger partial charge < -0.3 is 20.5 Å². The Labute approximate surface area is 169 Å². The minimum atomic E-state index is -0.562. The van der Waals surface area contributed by atoms with Gasteiger partial charge in [-0.05, 0) is 47.9 Å². The number of nitrogens with two attached hydrogens (primary N) is 1. The van der Waals surface area contributed by atoms with Crippen molar-refractivity contribution in [3.8, 4) is 11.5 Å². The average Bonchev–Trinajstić information content (AvgIpc) is 2.65. The lowest BCUT2D eigenvalue weighted by Crippen LogP contribution is -2.12. The summed E-state index contributed by atoms with van der Waals surface area (Å²) in [6.07, 6.45) is 2.96. The van der Waals surface area contributed by atoms with Gasteiger partial charge in [0.05, 0.1) is 18.7 Å². The molecule has 0 aliphatic carbocycles. The highest BCUT2D eigenvalue weighted by molar-refractivity contribution is 6.32. The Bertz CT molecular complexity index is 894. The maximum atomic E-state index is 12.1. The van der Waals surface area contributed by atoms with Gasteiger partial charge in [0.2, 0.25) is 11.8 Å². The summed E-state index contributed by atoms with van der Waals surface area (Å²) >= 11 is 6.31. The molecule has 0 bridgehead atoms. The number of benzene rings is 2. The van der Waals surface area contributed by atoms with E-state index in [0.29, 0.717) is 45.9 Å². The van der Waals surface area contributed by atoms with Crippen LogP contribution in [0, 0.1) is 5.92 Å². The summed E-state index contributed by atoms with van der Waals surface area (Å²) in [5, 5.41) is 3.07. The molecule has 2 aromatic rings. The molecule has 3 N–H and O–H groups in total. The van der Waals surface area contributed by atoms with E-state index in [0.717, 1.165) is 0 Å². The van der Waals surface area contributed by atoms with E-state index in [4.69, 9.17) is 26.8 Å². The summed E-state index contributed by atoms with van der Waals surface area (Å²) in [7, 11) is 1.53. The second-order valence-corrected chi connectivity index (χ2v) is 6.91. The van der Waals surface area contributed by atoms with Crippen molar-refractivity contribution < 1.29 is 19.1 Å². The topological polar surface area (TPSA) is 90.6 Å². The zero-order valence-electron chi connectivity index (χ0n) is 16.0. The Morgan fingerprint density at radius 3 is 2.64 bits per heavy atom. The number of ether oxygens (including phenoxy) is 2. The Hall–Kier alpha value is -2.99. The Balaban J connectivity index is 2.12. The molecule has 0 aromatic heterocycles. The molecule has 7 heteroatoms. The quantitative estimate of drug-likeness (QED) is 0.649. The number of nitrogens with one attached hydrogen (secondary N) is 1. The van der Waals surface area contributed by atoms with Crippen LogP contribution in [0.5, 0.6) is 11.5 Å². The van der Waals surface area contributed by atoms with Crippen molar-refractivity contribution in [2.24, 2.45) is 11.7 Å². The Morgan fingerprint density at radius 1 is 1.25 bits per heavy atom. The zero-order chi connectivity index (χ0) is 20.7. The van der Waals surface area contributed by atoms with Crippen LogP contribution in [0.2, 0.25) is 5.02 Å². The zero-order valence-corrected chi connectivity index (χ0v) is 16.7. The van der Waals surface area contributed by atoms with E-state index >= 15 is 0 Å². The molecule has 0 spiro atoms. The number of halogens is 1. The molecule has 2 amide bonds. The van der Waals surface area contributed by atoms with Crippen molar-refractivity contribution in [2.75, 3.05) is 19.0 Å². The Kier molecular flexibility index (Phi) is 7.46. The van der Waals surface area contributed by atoms with Gasteiger partial charge in [-0.2, -0.15) is 0 Å². The first-order chi connectivity index (χ1) is 13.3. The largest absolute Gasteiger partial charge is 0.493 e. The summed E-state index contributed by atoms with van der Waals surface area (Å²) < 4.78 is 11.1. The SMILES string of the molecule is COc1cc(/C=C/C(=O)Nc2cccc(C(N)=O)c2)cc(Cl)c1OCC(C)C. The van der Waals surface area contributed by atoms with Crippen LogP contribution in [-0.4, -0.2) is 25.5 Å². The number of primary amides is 1. The first kappa shape index (κ1) is 21.3. The van der Waals surface area contributed by atoms with Crippen LogP contribution in [0.3, 0.4) is 0 Å². The number of carbonyl (C=O) groups excluding carboxylic acids is 2. The smallest absolute Gasteiger partial charge is 0.248 e. The van der Waals surface area contributed by atoms with E-state index in [1.807, 2.05) is 13.8 Å².